The fourth-order valence-corrected chi connectivity index (χ4v) is 3.01. The Kier molecular flexibility index (Phi) is 6.82. The van der Waals surface area contributed by atoms with Crippen LogP contribution in [-0.2, 0) is 30.2 Å². The molecule has 0 saturated heterocycles. The second-order valence-corrected chi connectivity index (χ2v) is 8.80. The summed E-state index contributed by atoms with van der Waals surface area (Å²) in [4.78, 5) is 11.7. The first kappa shape index (κ1) is 20.4. The molecule has 0 saturated carbocycles. The number of carbonyl (C=O) groups is 1. The van der Waals surface area contributed by atoms with Crippen molar-refractivity contribution in [1.29, 1.82) is 0 Å². The summed E-state index contributed by atoms with van der Waals surface area (Å²) in [7, 11) is -3.94. The standard InChI is InChI=1S/C17H17O2S.CH4O4S/c1-20(2)17(18)19-11-16-14-9-5-3-7-12(14)13-8-4-6-10-15(13)16;1-5-6(2,3)4/h3-10,16H,11H2,1-2H3;1H3,(H,2,3,4)/q+1;/p-1. The molecule has 0 N–H and O–H groups in total. The number of hydrogen-bond acceptors (Lipinski definition) is 6. The van der Waals surface area contributed by atoms with Crippen LogP contribution >= 0.6 is 0 Å². The molecule has 0 amide bonds. The summed E-state index contributed by atoms with van der Waals surface area (Å²) in [6.07, 6.45) is 3.78. The van der Waals surface area contributed by atoms with Gasteiger partial charge in [-0.05, 0) is 22.3 Å². The minimum absolute atomic E-state index is 0.105. The number of carbonyl (C=O) groups excluding carboxylic acids is 1. The Balaban J connectivity index is 0.000000352. The zero-order chi connectivity index (χ0) is 19.3. The highest BCUT2D eigenvalue weighted by Crippen LogP contribution is 2.44. The number of rotatable bonds is 3. The molecule has 8 heteroatoms. The summed E-state index contributed by atoms with van der Waals surface area (Å²) in [5.74, 6) is 0.162. The largest absolute Gasteiger partial charge is 0.726 e. The van der Waals surface area contributed by atoms with Crippen molar-refractivity contribution in [3.63, 3.8) is 0 Å². The SMILES string of the molecule is COS(=O)(=O)[O-].C[S+](C)C(=O)OCC1c2ccccc2-c2ccccc21. The quantitative estimate of drug-likeness (QED) is 0.343. The van der Waals surface area contributed by atoms with E-state index < -0.39 is 10.4 Å². The average Bonchev–Trinajstić information content (AvgIpc) is 2.93. The predicted molar refractivity (Wildman–Crippen MR) is 101 cm³/mol. The van der Waals surface area contributed by atoms with E-state index in [1.54, 1.807) is 0 Å². The van der Waals surface area contributed by atoms with Crippen LogP contribution in [0.3, 0.4) is 0 Å². The van der Waals surface area contributed by atoms with E-state index in [0.29, 0.717) is 6.61 Å². The maximum Gasteiger partial charge on any atom is 0.524 e. The van der Waals surface area contributed by atoms with Gasteiger partial charge in [-0.2, -0.15) is 4.79 Å². The van der Waals surface area contributed by atoms with Crippen molar-refractivity contribution in [2.45, 2.75) is 5.92 Å². The van der Waals surface area contributed by atoms with Crippen molar-refractivity contribution in [2.24, 2.45) is 0 Å². The molecule has 26 heavy (non-hydrogen) atoms. The van der Waals surface area contributed by atoms with Gasteiger partial charge in [-0.25, -0.2) is 8.42 Å². The molecular weight excluding hydrogens is 376 g/mol. The molecule has 0 heterocycles. The number of benzene rings is 2. The van der Waals surface area contributed by atoms with E-state index >= 15 is 0 Å². The molecule has 0 spiro atoms. The van der Waals surface area contributed by atoms with E-state index in [2.05, 4.69) is 40.6 Å². The van der Waals surface area contributed by atoms with Crippen molar-refractivity contribution in [2.75, 3.05) is 26.2 Å². The molecule has 0 aliphatic heterocycles. The fraction of sp³-hybridized carbons (Fsp3) is 0.278. The third-order valence-electron chi connectivity index (χ3n) is 3.87. The number of ether oxygens (including phenoxy) is 1. The molecular formula is C18H20O6S2. The van der Waals surface area contributed by atoms with Crippen LogP contribution in [0.15, 0.2) is 48.5 Å². The molecule has 3 rings (SSSR count). The summed E-state index contributed by atoms with van der Waals surface area (Å²) < 4.78 is 36.5. The predicted octanol–water partition coefficient (Wildman–Crippen LogP) is 2.91. The second kappa shape index (κ2) is 8.68. The lowest BCUT2D eigenvalue weighted by Gasteiger charge is -2.12. The Hall–Kier alpha value is -1.87. The molecule has 0 aromatic heterocycles. The van der Waals surface area contributed by atoms with E-state index in [9.17, 15) is 17.8 Å². The van der Waals surface area contributed by atoms with Crippen LogP contribution < -0.4 is 0 Å². The van der Waals surface area contributed by atoms with Gasteiger partial charge in [0.2, 0.25) is 10.4 Å². The molecule has 0 atom stereocenters. The third kappa shape index (κ3) is 5.07. The smallest absolute Gasteiger partial charge is 0.524 e. The Morgan fingerprint density at radius 3 is 1.85 bits per heavy atom. The van der Waals surface area contributed by atoms with Gasteiger partial charge in [0, 0.05) is 5.92 Å². The number of hydrogen-bond donors (Lipinski definition) is 0. The topological polar surface area (TPSA) is 92.7 Å². The van der Waals surface area contributed by atoms with Crippen molar-refractivity contribution in [1.82, 2.24) is 0 Å². The highest BCUT2D eigenvalue weighted by molar-refractivity contribution is 8.09. The normalized spacial score (nSPS) is 12.8. The molecule has 1 aliphatic carbocycles. The lowest BCUT2D eigenvalue weighted by atomic mass is 9.98. The van der Waals surface area contributed by atoms with Crippen LogP contribution in [-0.4, -0.2) is 44.5 Å². The van der Waals surface area contributed by atoms with Crippen LogP contribution in [0.2, 0.25) is 0 Å². The maximum atomic E-state index is 11.7. The van der Waals surface area contributed by atoms with Gasteiger partial charge in [-0.1, -0.05) is 48.5 Å². The zero-order valence-corrected chi connectivity index (χ0v) is 16.3. The first-order valence-electron chi connectivity index (χ1n) is 7.68. The van der Waals surface area contributed by atoms with Gasteiger partial charge in [0.15, 0.2) is 0 Å². The molecule has 6 nitrogen and oxygen atoms in total. The van der Waals surface area contributed by atoms with Gasteiger partial charge in [-0.15, -0.1) is 0 Å². The summed E-state index contributed by atoms with van der Waals surface area (Å²) in [5.41, 5.74) is 5.04. The molecule has 1 aliphatic rings. The van der Waals surface area contributed by atoms with Gasteiger partial charge in [0.25, 0.3) is 0 Å². The van der Waals surface area contributed by atoms with E-state index in [0.717, 1.165) is 7.11 Å². The first-order valence-corrected chi connectivity index (χ1v) is 11.1. The Bertz CT molecular complexity index is 831. The fourth-order valence-electron chi connectivity index (χ4n) is 2.71. The van der Waals surface area contributed by atoms with Crippen LogP contribution in [0, 0.1) is 0 Å². The van der Waals surface area contributed by atoms with Gasteiger partial charge in [0.05, 0.1) is 18.0 Å². The summed E-state index contributed by atoms with van der Waals surface area (Å²) in [6, 6.07) is 16.7. The average molecular weight is 396 g/mol. The second-order valence-electron chi connectivity index (χ2n) is 5.68. The van der Waals surface area contributed by atoms with Gasteiger partial charge >= 0.3 is 5.30 Å². The summed E-state index contributed by atoms with van der Waals surface area (Å²) in [6.45, 7) is 0.429. The Labute approximate surface area is 156 Å². The van der Waals surface area contributed by atoms with Crippen molar-refractivity contribution in [3.8, 4) is 11.1 Å². The zero-order valence-electron chi connectivity index (χ0n) is 14.7. The van der Waals surface area contributed by atoms with Crippen molar-refractivity contribution in [3.05, 3.63) is 59.7 Å². The Morgan fingerprint density at radius 1 is 1.04 bits per heavy atom. The summed E-state index contributed by atoms with van der Waals surface area (Å²) >= 11 is 0. The van der Waals surface area contributed by atoms with Gasteiger partial charge < -0.3 is 9.29 Å². The van der Waals surface area contributed by atoms with Crippen LogP contribution in [0.25, 0.3) is 11.1 Å². The molecule has 0 fully saturated rings. The minimum Gasteiger partial charge on any atom is -0.726 e. The number of fused-ring (bicyclic) bond motifs is 3. The molecule has 140 valence electrons. The molecule has 2 aromatic carbocycles. The summed E-state index contributed by atoms with van der Waals surface area (Å²) in [5, 5.41) is -0.105. The molecule has 0 radical (unpaired) electrons. The van der Waals surface area contributed by atoms with Crippen molar-refractivity contribution < 1.29 is 26.7 Å². The first-order chi connectivity index (χ1) is 12.2. The lowest BCUT2D eigenvalue weighted by Crippen LogP contribution is -2.17. The van der Waals surface area contributed by atoms with E-state index in [-0.39, 0.29) is 22.1 Å². The maximum absolute atomic E-state index is 11.7. The molecule has 0 bridgehead atoms. The minimum atomic E-state index is -4.41. The van der Waals surface area contributed by atoms with Gasteiger partial charge in [-0.3, -0.25) is 4.18 Å². The van der Waals surface area contributed by atoms with Crippen LogP contribution in [0.4, 0.5) is 4.79 Å². The highest BCUT2D eigenvalue weighted by atomic mass is 32.3. The third-order valence-corrected chi connectivity index (χ3v) is 5.06. The van der Waals surface area contributed by atoms with E-state index in [1.807, 2.05) is 24.6 Å². The van der Waals surface area contributed by atoms with Crippen molar-refractivity contribution >= 4 is 26.6 Å². The lowest BCUT2D eigenvalue weighted by molar-refractivity contribution is 0.171. The van der Waals surface area contributed by atoms with E-state index in [1.165, 1.54) is 22.3 Å². The molecule has 2 aromatic rings. The molecule has 0 unspecified atom stereocenters. The van der Waals surface area contributed by atoms with Gasteiger partial charge in [0.1, 0.15) is 19.1 Å². The van der Waals surface area contributed by atoms with E-state index in [4.69, 9.17) is 4.74 Å². The highest BCUT2D eigenvalue weighted by Gasteiger charge is 2.30. The monoisotopic (exact) mass is 396 g/mol. The van der Waals surface area contributed by atoms with Crippen LogP contribution in [0.1, 0.15) is 17.0 Å². The van der Waals surface area contributed by atoms with Crippen LogP contribution in [0.5, 0.6) is 0 Å². The Morgan fingerprint density at radius 2 is 1.46 bits per heavy atom.